The van der Waals surface area contributed by atoms with Crippen LogP contribution in [-0.2, 0) is 15.9 Å². The van der Waals surface area contributed by atoms with E-state index in [4.69, 9.17) is 14.6 Å². The Morgan fingerprint density at radius 1 is 1.00 bits per heavy atom. The fraction of sp³-hybridized carbons (Fsp3) is 0.571. The summed E-state index contributed by atoms with van der Waals surface area (Å²) in [5.41, 5.74) is 1.08. The first-order valence-electron chi connectivity index (χ1n) is 6.59. The summed E-state index contributed by atoms with van der Waals surface area (Å²) in [7, 11) is 0. The Kier molecular flexibility index (Phi) is 5.47. The van der Waals surface area contributed by atoms with E-state index in [-0.39, 0.29) is 0 Å². The molecule has 5 atom stereocenters. The van der Waals surface area contributed by atoms with Crippen molar-refractivity contribution in [3.8, 4) is 0 Å². The molecule has 1 aliphatic heterocycles. The molecule has 1 aromatic carbocycles. The molecular weight excluding hydrogens is 264 g/mol. The van der Waals surface area contributed by atoms with Crippen LogP contribution >= 0.6 is 0 Å². The SMILES string of the molecule is OC[C@H]1O[C@H](OCCc2ccccc2)[C@@H](O)[C@@H](O)[C@@H]1O. The quantitative estimate of drug-likeness (QED) is 0.556. The number of ether oxygens (including phenoxy) is 2. The van der Waals surface area contributed by atoms with Crippen molar-refractivity contribution in [1.82, 2.24) is 0 Å². The minimum absolute atomic E-state index is 0.298. The molecule has 1 heterocycles. The number of aliphatic hydroxyl groups is 4. The van der Waals surface area contributed by atoms with E-state index < -0.39 is 37.3 Å². The second-order valence-electron chi connectivity index (χ2n) is 4.80. The van der Waals surface area contributed by atoms with Gasteiger partial charge in [-0.2, -0.15) is 0 Å². The highest BCUT2D eigenvalue weighted by atomic mass is 16.7. The number of hydrogen-bond acceptors (Lipinski definition) is 6. The summed E-state index contributed by atoms with van der Waals surface area (Å²) in [6.07, 6.45) is -5.46. The molecule has 112 valence electrons. The van der Waals surface area contributed by atoms with Crippen LogP contribution in [0.2, 0.25) is 0 Å². The lowest BCUT2D eigenvalue weighted by Gasteiger charge is -2.39. The van der Waals surface area contributed by atoms with Crippen LogP contribution in [0.25, 0.3) is 0 Å². The Morgan fingerprint density at radius 3 is 2.35 bits per heavy atom. The van der Waals surface area contributed by atoms with Crippen LogP contribution in [0, 0.1) is 0 Å². The molecule has 0 saturated carbocycles. The van der Waals surface area contributed by atoms with E-state index in [1.165, 1.54) is 0 Å². The summed E-state index contributed by atoms with van der Waals surface area (Å²) in [4.78, 5) is 0. The lowest BCUT2D eigenvalue weighted by molar-refractivity contribution is -0.300. The average molecular weight is 284 g/mol. The van der Waals surface area contributed by atoms with Crippen molar-refractivity contribution in [2.24, 2.45) is 0 Å². The molecule has 1 fully saturated rings. The van der Waals surface area contributed by atoms with Crippen LogP contribution in [0.3, 0.4) is 0 Å². The van der Waals surface area contributed by atoms with E-state index in [9.17, 15) is 15.3 Å². The minimum atomic E-state index is -1.40. The standard InChI is InChI=1S/C14H20O6/c15-8-10-11(16)12(17)13(18)14(20-10)19-7-6-9-4-2-1-3-5-9/h1-5,10-18H,6-8H2/t10-,11-,12+,13+,14+/m1/s1. The maximum absolute atomic E-state index is 9.78. The smallest absolute Gasteiger partial charge is 0.186 e. The number of rotatable bonds is 5. The first kappa shape index (κ1) is 15.4. The first-order chi connectivity index (χ1) is 9.63. The molecule has 6 heteroatoms. The van der Waals surface area contributed by atoms with Crippen LogP contribution < -0.4 is 0 Å². The predicted molar refractivity (Wildman–Crippen MR) is 69.9 cm³/mol. The van der Waals surface area contributed by atoms with Crippen molar-refractivity contribution in [2.45, 2.75) is 37.1 Å². The van der Waals surface area contributed by atoms with Crippen LogP contribution in [0.15, 0.2) is 30.3 Å². The zero-order chi connectivity index (χ0) is 14.5. The predicted octanol–water partition coefficient (Wildman–Crippen LogP) is -0.954. The molecule has 0 amide bonds. The van der Waals surface area contributed by atoms with Gasteiger partial charge >= 0.3 is 0 Å². The highest BCUT2D eigenvalue weighted by molar-refractivity contribution is 5.14. The zero-order valence-electron chi connectivity index (χ0n) is 11.0. The third kappa shape index (κ3) is 3.54. The molecule has 1 aromatic rings. The molecule has 0 radical (unpaired) electrons. The Labute approximate surface area is 117 Å². The van der Waals surface area contributed by atoms with E-state index in [0.717, 1.165) is 5.56 Å². The minimum Gasteiger partial charge on any atom is -0.394 e. The van der Waals surface area contributed by atoms with Gasteiger partial charge in [-0.15, -0.1) is 0 Å². The molecule has 0 unspecified atom stereocenters. The molecule has 20 heavy (non-hydrogen) atoms. The van der Waals surface area contributed by atoms with Gasteiger partial charge in [0.2, 0.25) is 0 Å². The van der Waals surface area contributed by atoms with E-state index in [1.807, 2.05) is 30.3 Å². The monoisotopic (exact) mass is 284 g/mol. The van der Waals surface area contributed by atoms with Crippen LogP contribution in [0.5, 0.6) is 0 Å². The maximum Gasteiger partial charge on any atom is 0.186 e. The molecule has 0 spiro atoms. The van der Waals surface area contributed by atoms with Gasteiger partial charge in [0.25, 0.3) is 0 Å². The summed E-state index contributed by atoms with van der Waals surface area (Å²) in [6, 6.07) is 9.67. The second-order valence-corrected chi connectivity index (χ2v) is 4.80. The molecule has 0 bridgehead atoms. The number of hydrogen-bond donors (Lipinski definition) is 4. The van der Waals surface area contributed by atoms with Gasteiger partial charge < -0.3 is 29.9 Å². The Hall–Kier alpha value is -1.02. The summed E-state index contributed by atoms with van der Waals surface area (Å²) in [5.74, 6) is 0. The normalized spacial score (nSPS) is 34.1. The summed E-state index contributed by atoms with van der Waals surface area (Å²) >= 11 is 0. The van der Waals surface area contributed by atoms with Gasteiger partial charge in [0.1, 0.15) is 24.4 Å². The topological polar surface area (TPSA) is 99.4 Å². The molecular formula is C14H20O6. The molecule has 6 nitrogen and oxygen atoms in total. The summed E-state index contributed by atoms with van der Waals surface area (Å²) in [5, 5.41) is 38.1. The van der Waals surface area contributed by atoms with Gasteiger partial charge in [0.15, 0.2) is 6.29 Å². The molecule has 4 N–H and O–H groups in total. The fourth-order valence-electron chi connectivity index (χ4n) is 2.14. The third-order valence-corrected chi connectivity index (χ3v) is 3.36. The molecule has 1 saturated heterocycles. The molecule has 0 aromatic heterocycles. The van der Waals surface area contributed by atoms with Crippen molar-refractivity contribution in [1.29, 1.82) is 0 Å². The van der Waals surface area contributed by atoms with Gasteiger partial charge in [-0.3, -0.25) is 0 Å². The Morgan fingerprint density at radius 2 is 1.70 bits per heavy atom. The van der Waals surface area contributed by atoms with Crippen LogP contribution in [-0.4, -0.2) is 64.3 Å². The van der Waals surface area contributed by atoms with Crippen LogP contribution in [0.1, 0.15) is 5.56 Å². The average Bonchev–Trinajstić information content (AvgIpc) is 2.48. The number of benzene rings is 1. The first-order valence-corrected chi connectivity index (χ1v) is 6.59. The Bertz CT molecular complexity index is 396. The summed E-state index contributed by atoms with van der Waals surface area (Å²) < 4.78 is 10.6. The van der Waals surface area contributed by atoms with Crippen molar-refractivity contribution >= 4 is 0 Å². The van der Waals surface area contributed by atoms with Crippen molar-refractivity contribution in [3.05, 3.63) is 35.9 Å². The molecule has 0 aliphatic carbocycles. The van der Waals surface area contributed by atoms with Gasteiger partial charge in [0.05, 0.1) is 13.2 Å². The third-order valence-electron chi connectivity index (χ3n) is 3.36. The molecule has 2 rings (SSSR count). The van der Waals surface area contributed by atoms with Crippen molar-refractivity contribution in [3.63, 3.8) is 0 Å². The maximum atomic E-state index is 9.78. The zero-order valence-corrected chi connectivity index (χ0v) is 11.0. The van der Waals surface area contributed by atoms with Crippen molar-refractivity contribution < 1.29 is 29.9 Å². The van der Waals surface area contributed by atoms with Gasteiger partial charge in [0, 0.05) is 0 Å². The largest absolute Gasteiger partial charge is 0.394 e. The Balaban J connectivity index is 1.85. The fourth-order valence-corrected chi connectivity index (χ4v) is 2.14. The van der Waals surface area contributed by atoms with E-state index >= 15 is 0 Å². The van der Waals surface area contributed by atoms with E-state index in [0.29, 0.717) is 13.0 Å². The van der Waals surface area contributed by atoms with Crippen LogP contribution in [0.4, 0.5) is 0 Å². The lowest BCUT2D eigenvalue weighted by Crippen LogP contribution is -2.59. The number of aliphatic hydroxyl groups excluding tert-OH is 4. The van der Waals surface area contributed by atoms with Gasteiger partial charge in [-0.25, -0.2) is 0 Å². The highest BCUT2D eigenvalue weighted by Crippen LogP contribution is 2.22. The van der Waals surface area contributed by atoms with Crippen molar-refractivity contribution in [2.75, 3.05) is 13.2 Å². The lowest BCUT2D eigenvalue weighted by atomic mass is 9.99. The van der Waals surface area contributed by atoms with E-state index in [2.05, 4.69) is 0 Å². The van der Waals surface area contributed by atoms with Gasteiger partial charge in [-0.05, 0) is 12.0 Å². The van der Waals surface area contributed by atoms with Gasteiger partial charge in [-0.1, -0.05) is 30.3 Å². The second kappa shape index (κ2) is 7.12. The van der Waals surface area contributed by atoms with E-state index in [1.54, 1.807) is 0 Å². The summed E-state index contributed by atoms with van der Waals surface area (Å²) in [6.45, 7) is -0.157. The highest BCUT2D eigenvalue weighted by Gasteiger charge is 2.43. The molecule has 1 aliphatic rings.